The Morgan fingerprint density at radius 2 is 2.00 bits per heavy atom. The third-order valence-corrected chi connectivity index (χ3v) is 2.71. The van der Waals surface area contributed by atoms with Gasteiger partial charge in [-0.05, 0) is 5.92 Å². The Hall–Kier alpha value is -0.570. The first kappa shape index (κ1) is 11.5. The lowest BCUT2D eigenvalue weighted by Gasteiger charge is -2.39. The van der Waals surface area contributed by atoms with Gasteiger partial charge in [0.1, 0.15) is 0 Å². The van der Waals surface area contributed by atoms with E-state index >= 15 is 0 Å². The number of carbonyl (C=O) groups excluding carboxylic acids is 1. The van der Waals surface area contributed by atoms with E-state index in [9.17, 15) is 4.79 Å². The Labute approximate surface area is 86.4 Å². The molecule has 1 aliphatic rings. The second-order valence-corrected chi connectivity index (χ2v) is 4.57. The van der Waals surface area contributed by atoms with Crippen molar-refractivity contribution in [2.24, 2.45) is 11.8 Å². The van der Waals surface area contributed by atoms with E-state index in [1.165, 1.54) is 0 Å². The van der Waals surface area contributed by atoms with E-state index in [0.717, 1.165) is 6.54 Å². The minimum atomic E-state index is 0.0920. The molecule has 0 radical (unpaired) electrons. The van der Waals surface area contributed by atoms with Gasteiger partial charge in [-0.1, -0.05) is 27.7 Å². The first-order chi connectivity index (χ1) is 6.54. The molecule has 1 heterocycles. The minimum absolute atomic E-state index is 0.0920. The van der Waals surface area contributed by atoms with Gasteiger partial charge in [0.05, 0.1) is 19.3 Å². The van der Waals surface area contributed by atoms with Crippen LogP contribution in [0.4, 0.5) is 0 Å². The lowest BCUT2D eigenvalue weighted by atomic mass is 10.0. The van der Waals surface area contributed by atoms with Crippen molar-refractivity contribution < 1.29 is 9.53 Å². The van der Waals surface area contributed by atoms with Crippen LogP contribution in [0.1, 0.15) is 27.7 Å². The van der Waals surface area contributed by atoms with Gasteiger partial charge in [0.2, 0.25) is 5.91 Å². The average Bonchev–Trinajstić information content (AvgIpc) is 2.16. The highest BCUT2D eigenvalue weighted by molar-refractivity contribution is 5.78. The summed E-state index contributed by atoms with van der Waals surface area (Å²) in [5.74, 6) is 0.819. The van der Waals surface area contributed by atoms with Crippen LogP contribution < -0.4 is 0 Å². The summed E-state index contributed by atoms with van der Waals surface area (Å²) in [7, 11) is 0. The summed E-state index contributed by atoms with van der Waals surface area (Å²) < 4.78 is 5.41. The molecule has 1 amide bonds. The van der Waals surface area contributed by atoms with Gasteiger partial charge in [-0.2, -0.15) is 0 Å². The van der Waals surface area contributed by atoms with Crippen LogP contribution in [0.15, 0.2) is 0 Å². The van der Waals surface area contributed by atoms with Gasteiger partial charge >= 0.3 is 0 Å². The van der Waals surface area contributed by atoms with Crippen molar-refractivity contribution in [1.29, 1.82) is 0 Å². The number of hydrogen-bond acceptors (Lipinski definition) is 2. The highest BCUT2D eigenvalue weighted by Gasteiger charge is 2.30. The van der Waals surface area contributed by atoms with Crippen molar-refractivity contribution in [1.82, 2.24) is 4.90 Å². The fourth-order valence-electron chi connectivity index (χ4n) is 1.78. The number of morpholine rings is 1. The fourth-order valence-corrected chi connectivity index (χ4v) is 1.78. The van der Waals surface area contributed by atoms with Crippen LogP contribution >= 0.6 is 0 Å². The van der Waals surface area contributed by atoms with Crippen LogP contribution in [0.3, 0.4) is 0 Å². The quantitative estimate of drug-likeness (QED) is 0.675. The molecule has 82 valence electrons. The maximum absolute atomic E-state index is 11.9. The molecule has 0 spiro atoms. The van der Waals surface area contributed by atoms with Gasteiger partial charge in [-0.25, -0.2) is 0 Å². The van der Waals surface area contributed by atoms with Crippen LogP contribution in [-0.4, -0.2) is 36.6 Å². The second kappa shape index (κ2) is 4.78. The van der Waals surface area contributed by atoms with Crippen molar-refractivity contribution in [3.05, 3.63) is 0 Å². The van der Waals surface area contributed by atoms with Crippen molar-refractivity contribution in [3.63, 3.8) is 0 Å². The Morgan fingerprint density at radius 3 is 2.50 bits per heavy atom. The summed E-state index contributed by atoms with van der Waals surface area (Å²) in [5.41, 5.74) is 0. The lowest BCUT2D eigenvalue weighted by molar-refractivity contribution is -0.145. The number of hydrogen-bond donors (Lipinski definition) is 0. The molecule has 0 aliphatic carbocycles. The summed E-state index contributed by atoms with van der Waals surface area (Å²) in [6, 6.07) is 0.263. The van der Waals surface area contributed by atoms with Gasteiger partial charge in [-0.15, -0.1) is 0 Å². The predicted molar refractivity (Wildman–Crippen MR) is 56.0 cm³/mol. The highest BCUT2D eigenvalue weighted by Crippen LogP contribution is 2.17. The van der Waals surface area contributed by atoms with Crippen molar-refractivity contribution in [3.8, 4) is 0 Å². The minimum Gasteiger partial charge on any atom is -0.377 e. The van der Waals surface area contributed by atoms with Gasteiger partial charge < -0.3 is 9.64 Å². The SMILES string of the molecule is CC(C)C(=O)N1CCOC[C@H]1C(C)C. The predicted octanol–water partition coefficient (Wildman–Crippen LogP) is 1.53. The van der Waals surface area contributed by atoms with E-state index < -0.39 is 0 Å². The lowest BCUT2D eigenvalue weighted by Crippen LogP contribution is -2.52. The summed E-state index contributed by atoms with van der Waals surface area (Å²) >= 11 is 0. The number of ether oxygens (including phenoxy) is 1. The molecule has 1 aliphatic heterocycles. The zero-order valence-electron chi connectivity index (χ0n) is 9.62. The number of rotatable bonds is 2. The molecule has 1 saturated heterocycles. The normalized spacial score (nSPS) is 23.3. The molecule has 1 atom stereocenters. The summed E-state index contributed by atoms with van der Waals surface area (Å²) in [4.78, 5) is 13.9. The van der Waals surface area contributed by atoms with E-state index in [1.54, 1.807) is 0 Å². The molecule has 0 N–H and O–H groups in total. The van der Waals surface area contributed by atoms with E-state index in [0.29, 0.717) is 19.1 Å². The molecule has 0 aromatic rings. The van der Waals surface area contributed by atoms with Crippen LogP contribution in [0, 0.1) is 11.8 Å². The van der Waals surface area contributed by atoms with Gasteiger partial charge in [-0.3, -0.25) is 4.79 Å². The monoisotopic (exact) mass is 199 g/mol. The second-order valence-electron chi connectivity index (χ2n) is 4.57. The molecule has 0 bridgehead atoms. The molecule has 0 aromatic carbocycles. The molecular formula is C11H21NO2. The largest absolute Gasteiger partial charge is 0.377 e. The Balaban J connectivity index is 2.67. The fraction of sp³-hybridized carbons (Fsp3) is 0.909. The number of carbonyl (C=O) groups is 1. The molecule has 0 unspecified atom stereocenters. The molecule has 1 rings (SSSR count). The first-order valence-electron chi connectivity index (χ1n) is 5.42. The maximum Gasteiger partial charge on any atom is 0.225 e. The van der Waals surface area contributed by atoms with E-state index in [-0.39, 0.29) is 17.9 Å². The maximum atomic E-state index is 11.9. The van der Waals surface area contributed by atoms with E-state index in [2.05, 4.69) is 13.8 Å². The third kappa shape index (κ3) is 2.47. The molecule has 3 nitrogen and oxygen atoms in total. The average molecular weight is 199 g/mol. The third-order valence-electron chi connectivity index (χ3n) is 2.71. The topological polar surface area (TPSA) is 29.5 Å². The Morgan fingerprint density at radius 1 is 1.36 bits per heavy atom. The molecule has 1 fully saturated rings. The van der Waals surface area contributed by atoms with Crippen molar-refractivity contribution >= 4 is 5.91 Å². The van der Waals surface area contributed by atoms with E-state index in [1.807, 2.05) is 18.7 Å². The van der Waals surface area contributed by atoms with Gasteiger partial charge in [0.15, 0.2) is 0 Å². The molecular weight excluding hydrogens is 178 g/mol. The van der Waals surface area contributed by atoms with Crippen molar-refractivity contribution in [2.75, 3.05) is 19.8 Å². The Kier molecular flexibility index (Phi) is 3.93. The van der Waals surface area contributed by atoms with Gasteiger partial charge in [0, 0.05) is 12.5 Å². The van der Waals surface area contributed by atoms with Crippen LogP contribution in [0.2, 0.25) is 0 Å². The van der Waals surface area contributed by atoms with Crippen molar-refractivity contribution in [2.45, 2.75) is 33.7 Å². The first-order valence-corrected chi connectivity index (χ1v) is 5.42. The van der Waals surface area contributed by atoms with E-state index in [4.69, 9.17) is 4.74 Å². The summed E-state index contributed by atoms with van der Waals surface area (Å²) in [5, 5.41) is 0. The standard InChI is InChI=1S/C11H21NO2/c1-8(2)10-7-14-6-5-12(10)11(13)9(3)4/h8-10H,5-7H2,1-4H3/t10-/m0/s1. The Bertz CT molecular complexity index is 201. The zero-order valence-corrected chi connectivity index (χ0v) is 9.62. The van der Waals surface area contributed by atoms with Crippen LogP contribution in [0.25, 0.3) is 0 Å². The highest BCUT2D eigenvalue weighted by atomic mass is 16.5. The number of amides is 1. The molecule has 14 heavy (non-hydrogen) atoms. The summed E-state index contributed by atoms with van der Waals surface area (Å²) in [6.07, 6.45) is 0. The summed E-state index contributed by atoms with van der Waals surface area (Å²) in [6.45, 7) is 10.3. The van der Waals surface area contributed by atoms with Crippen LogP contribution in [0.5, 0.6) is 0 Å². The van der Waals surface area contributed by atoms with Gasteiger partial charge in [0.25, 0.3) is 0 Å². The molecule has 0 saturated carbocycles. The van der Waals surface area contributed by atoms with Crippen LogP contribution in [-0.2, 0) is 9.53 Å². The zero-order chi connectivity index (χ0) is 10.7. The number of nitrogens with zero attached hydrogens (tertiary/aromatic N) is 1. The smallest absolute Gasteiger partial charge is 0.225 e. The molecule has 0 aromatic heterocycles. The molecule has 3 heteroatoms.